The summed E-state index contributed by atoms with van der Waals surface area (Å²) in [5, 5.41) is 4.98. The zero-order chi connectivity index (χ0) is 10.1. The molecule has 0 radical (unpaired) electrons. The van der Waals surface area contributed by atoms with E-state index in [-0.39, 0.29) is 12.2 Å². The van der Waals surface area contributed by atoms with Crippen LogP contribution in [-0.2, 0) is 14.9 Å². The van der Waals surface area contributed by atoms with E-state index in [1.165, 1.54) is 4.31 Å². The van der Waals surface area contributed by atoms with Crippen molar-refractivity contribution in [1.29, 1.82) is 0 Å². The van der Waals surface area contributed by atoms with E-state index in [1.54, 1.807) is 0 Å². The van der Waals surface area contributed by atoms with Crippen LogP contribution in [0.2, 0.25) is 0 Å². The van der Waals surface area contributed by atoms with Crippen molar-refractivity contribution in [3.05, 3.63) is 0 Å². The van der Waals surface area contributed by atoms with Crippen molar-refractivity contribution in [3.63, 3.8) is 0 Å². The highest BCUT2D eigenvalue weighted by molar-refractivity contribution is 7.86. The molecule has 1 unspecified atom stereocenters. The van der Waals surface area contributed by atoms with E-state index < -0.39 is 10.2 Å². The molecule has 6 heteroatoms. The lowest BCUT2D eigenvalue weighted by atomic mass is 10.3. The fraction of sp³-hybridized carbons (Fsp3) is 1.00. The van der Waals surface area contributed by atoms with Gasteiger partial charge in [0.05, 0.1) is 12.2 Å². The van der Waals surface area contributed by atoms with Gasteiger partial charge in [0.15, 0.2) is 0 Å². The van der Waals surface area contributed by atoms with E-state index in [4.69, 9.17) is 9.88 Å². The second-order valence-corrected chi connectivity index (χ2v) is 5.04. The standard InChI is InChI=1S/C7H16N2O3S/c1-6(2)12-7-3-4-9(5-7)13(8,10)11/h6-7H,3-5H2,1-2H3,(H2,8,10,11). The molecule has 13 heavy (non-hydrogen) atoms. The molecular weight excluding hydrogens is 192 g/mol. The maximum atomic E-state index is 10.9. The van der Waals surface area contributed by atoms with E-state index in [9.17, 15) is 8.42 Å². The molecule has 0 amide bonds. The molecule has 1 heterocycles. The number of nitrogens with two attached hydrogens (primary N) is 1. The van der Waals surface area contributed by atoms with Crippen LogP contribution in [0.15, 0.2) is 0 Å². The Hall–Kier alpha value is -0.170. The van der Waals surface area contributed by atoms with Gasteiger partial charge in [0.25, 0.3) is 10.2 Å². The number of hydrogen-bond acceptors (Lipinski definition) is 3. The summed E-state index contributed by atoms with van der Waals surface area (Å²) in [4.78, 5) is 0. The molecule has 0 aromatic heterocycles. The molecule has 0 aromatic rings. The Balaban J connectivity index is 2.46. The van der Waals surface area contributed by atoms with Crippen LogP contribution in [0.4, 0.5) is 0 Å². The Morgan fingerprint density at radius 1 is 1.54 bits per heavy atom. The summed E-state index contributed by atoms with van der Waals surface area (Å²) in [6.45, 7) is 4.71. The molecule has 78 valence electrons. The van der Waals surface area contributed by atoms with Gasteiger partial charge in [0.2, 0.25) is 0 Å². The van der Waals surface area contributed by atoms with Crippen LogP contribution in [0.3, 0.4) is 0 Å². The Bertz CT molecular complexity index is 263. The van der Waals surface area contributed by atoms with Gasteiger partial charge in [-0.25, -0.2) is 5.14 Å². The number of rotatable bonds is 3. The van der Waals surface area contributed by atoms with Crippen LogP contribution >= 0.6 is 0 Å². The third kappa shape index (κ3) is 3.22. The molecule has 1 aliphatic heterocycles. The van der Waals surface area contributed by atoms with E-state index in [1.807, 2.05) is 13.8 Å². The molecule has 1 saturated heterocycles. The Kier molecular flexibility index (Phi) is 3.28. The second kappa shape index (κ2) is 3.91. The van der Waals surface area contributed by atoms with Crippen LogP contribution in [0.5, 0.6) is 0 Å². The summed E-state index contributed by atoms with van der Waals surface area (Å²) in [7, 11) is -3.52. The summed E-state index contributed by atoms with van der Waals surface area (Å²) in [5.74, 6) is 0. The van der Waals surface area contributed by atoms with Crippen LogP contribution in [-0.4, -0.2) is 38.0 Å². The monoisotopic (exact) mass is 208 g/mol. The second-order valence-electron chi connectivity index (χ2n) is 3.50. The topological polar surface area (TPSA) is 72.6 Å². The third-order valence-corrected chi connectivity index (χ3v) is 2.98. The maximum absolute atomic E-state index is 10.9. The highest BCUT2D eigenvalue weighted by atomic mass is 32.2. The normalized spacial score (nSPS) is 25.7. The Labute approximate surface area is 79.0 Å². The summed E-state index contributed by atoms with van der Waals surface area (Å²) in [5.41, 5.74) is 0. The molecule has 2 N–H and O–H groups in total. The van der Waals surface area contributed by atoms with Crippen molar-refractivity contribution in [2.45, 2.75) is 32.5 Å². The molecule has 0 aliphatic carbocycles. The highest BCUT2D eigenvalue weighted by Gasteiger charge is 2.29. The van der Waals surface area contributed by atoms with Crippen molar-refractivity contribution in [2.24, 2.45) is 5.14 Å². The van der Waals surface area contributed by atoms with Gasteiger partial charge >= 0.3 is 0 Å². The predicted molar refractivity (Wildman–Crippen MR) is 49.3 cm³/mol. The van der Waals surface area contributed by atoms with Gasteiger partial charge in [-0.2, -0.15) is 12.7 Å². The zero-order valence-electron chi connectivity index (χ0n) is 7.93. The minimum Gasteiger partial charge on any atom is -0.374 e. The molecule has 0 spiro atoms. The molecule has 5 nitrogen and oxygen atoms in total. The Morgan fingerprint density at radius 2 is 2.15 bits per heavy atom. The fourth-order valence-electron chi connectivity index (χ4n) is 1.42. The van der Waals surface area contributed by atoms with E-state index in [0.717, 1.165) is 6.42 Å². The summed E-state index contributed by atoms with van der Waals surface area (Å²) >= 11 is 0. The van der Waals surface area contributed by atoms with Crippen LogP contribution < -0.4 is 5.14 Å². The molecule has 0 saturated carbocycles. The minimum atomic E-state index is -3.52. The third-order valence-electron chi connectivity index (χ3n) is 1.93. The number of ether oxygens (including phenoxy) is 1. The van der Waals surface area contributed by atoms with Gasteiger partial charge in [-0.3, -0.25) is 0 Å². The zero-order valence-corrected chi connectivity index (χ0v) is 8.75. The van der Waals surface area contributed by atoms with Crippen molar-refractivity contribution in [3.8, 4) is 0 Å². The van der Waals surface area contributed by atoms with Gasteiger partial charge in [-0.05, 0) is 20.3 Å². The molecule has 1 atom stereocenters. The van der Waals surface area contributed by atoms with Gasteiger partial charge in [-0.15, -0.1) is 0 Å². The predicted octanol–water partition coefficient (Wildman–Crippen LogP) is -0.311. The average Bonchev–Trinajstić information content (AvgIpc) is 2.32. The van der Waals surface area contributed by atoms with E-state index in [0.29, 0.717) is 13.1 Å². The molecule has 1 aliphatic rings. The van der Waals surface area contributed by atoms with E-state index >= 15 is 0 Å². The first-order valence-electron chi connectivity index (χ1n) is 4.33. The maximum Gasteiger partial charge on any atom is 0.276 e. The largest absolute Gasteiger partial charge is 0.374 e. The van der Waals surface area contributed by atoms with Crippen molar-refractivity contribution in [2.75, 3.05) is 13.1 Å². The Morgan fingerprint density at radius 3 is 2.54 bits per heavy atom. The van der Waals surface area contributed by atoms with Crippen molar-refractivity contribution >= 4 is 10.2 Å². The molecule has 0 bridgehead atoms. The number of nitrogens with zero attached hydrogens (tertiary/aromatic N) is 1. The highest BCUT2D eigenvalue weighted by Crippen LogP contribution is 2.15. The van der Waals surface area contributed by atoms with Crippen LogP contribution in [0, 0.1) is 0 Å². The quantitative estimate of drug-likeness (QED) is 0.691. The molecule has 1 rings (SSSR count). The first-order valence-corrected chi connectivity index (χ1v) is 5.83. The first kappa shape index (κ1) is 10.9. The van der Waals surface area contributed by atoms with Crippen LogP contribution in [0.1, 0.15) is 20.3 Å². The minimum absolute atomic E-state index is 0.00155. The lowest BCUT2D eigenvalue weighted by Gasteiger charge is -2.15. The van der Waals surface area contributed by atoms with Crippen LogP contribution in [0.25, 0.3) is 0 Å². The fourth-order valence-corrected chi connectivity index (χ4v) is 2.16. The lowest BCUT2D eigenvalue weighted by molar-refractivity contribution is 0.0173. The van der Waals surface area contributed by atoms with Gasteiger partial charge in [0, 0.05) is 13.1 Å². The number of hydrogen-bond donors (Lipinski definition) is 1. The van der Waals surface area contributed by atoms with Crippen molar-refractivity contribution in [1.82, 2.24) is 4.31 Å². The van der Waals surface area contributed by atoms with Crippen molar-refractivity contribution < 1.29 is 13.2 Å². The van der Waals surface area contributed by atoms with E-state index in [2.05, 4.69) is 0 Å². The summed E-state index contributed by atoms with van der Waals surface area (Å²) in [6.07, 6.45) is 0.859. The van der Waals surface area contributed by atoms with Gasteiger partial charge < -0.3 is 4.74 Å². The average molecular weight is 208 g/mol. The molecule has 1 fully saturated rings. The molecular formula is C7H16N2O3S. The smallest absolute Gasteiger partial charge is 0.276 e. The summed E-state index contributed by atoms with van der Waals surface area (Å²) < 4.78 is 28.6. The summed E-state index contributed by atoms with van der Waals surface area (Å²) in [6, 6.07) is 0. The van der Waals surface area contributed by atoms with Gasteiger partial charge in [-0.1, -0.05) is 0 Å². The SMILES string of the molecule is CC(C)OC1CCN(S(N)(=O)=O)C1. The lowest BCUT2D eigenvalue weighted by Crippen LogP contribution is -2.35. The molecule has 0 aromatic carbocycles. The first-order chi connectivity index (χ1) is 5.89. The van der Waals surface area contributed by atoms with Gasteiger partial charge in [0.1, 0.15) is 0 Å².